The van der Waals surface area contributed by atoms with Crippen molar-refractivity contribution in [1.82, 2.24) is 15.1 Å². The number of benzene rings is 1. The molecule has 19 heavy (non-hydrogen) atoms. The van der Waals surface area contributed by atoms with Crippen LogP contribution in [-0.2, 0) is 13.1 Å². The molecular weight excluding hydrogens is 269 g/mol. The smallest absolute Gasteiger partial charge is 0.251 e. The number of hydrogen-bond acceptors (Lipinski definition) is 2. The second-order valence-electron chi connectivity index (χ2n) is 3.95. The van der Waals surface area contributed by atoms with E-state index < -0.39 is 5.82 Å². The molecule has 1 amide bonds. The number of nitrogens with zero attached hydrogens (tertiary/aromatic N) is 2. The van der Waals surface area contributed by atoms with Crippen LogP contribution in [0.5, 0.6) is 0 Å². The standard InChI is InChI=1S/C13H13ClFN3O/c1-2-18-12(11(14)7-17-18)8-16-13(19)9-4-3-5-10(15)6-9/h3-7H,2,8H2,1H3,(H,16,19). The van der Waals surface area contributed by atoms with Crippen LogP contribution in [0.3, 0.4) is 0 Å². The Labute approximate surface area is 115 Å². The highest BCUT2D eigenvalue weighted by Crippen LogP contribution is 2.15. The van der Waals surface area contributed by atoms with Crippen molar-refractivity contribution in [2.75, 3.05) is 0 Å². The minimum atomic E-state index is -0.440. The molecule has 1 heterocycles. The van der Waals surface area contributed by atoms with Gasteiger partial charge in [0.1, 0.15) is 5.82 Å². The van der Waals surface area contributed by atoms with Gasteiger partial charge in [0.05, 0.1) is 23.5 Å². The largest absolute Gasteiger partial charge is 0.346 e. The fourth-order valence-electron chi connectivity index (χ4n) is 1.73. The molecule has 0 saturated heterocycles. The first-order valence-corrected chi connectivity index (χ1v) is 6.23. The molecule has 1 aromatic heterocycles. The molecule has 0 aliphatic rings. The highest BCUT2D eigenvalue weighted by atomic mass is 35.5. The summed E-state index contributed by atoms with van der Waals surface area (Å²) in [4.78, 5) is 11.9. The third kappa shape index (κ3) is 3.12. The Bertz CT molecular complexity index is 597. The topological polar surface area (TPSA) is 46.9 Å². The van der Waals surface area contributed by atoms with E-state index in [9.17, 15) is 9.18 Å². The minimum Gasteiger partial charge on any atom is -0.346 e. The van der Waals surface area contributed by atoms with E-state index in [2.05, 4.69) is 10.4 Å². The van der Waals surface area contributed by atoms with Gasteiger partial charge in [-0.2, -0.15) is 5.10 Å². The van der Waals surface area contributed by atoms with E-state index in [4.69, 9.17) is 11.6 Å². The number of halogens is 2. The zero-order chi connectivity index (χ0) is 13.8. The average molecular weight is 282 g/mol. The fourth-order valence-corrected chi connectivity index (χ4v) is 1.94. The second-order valence-corrected chi connectivity index (χ2v) is 4.36. The van der Waals surface area contributed by atoms with E-state index in [-0.39, 0.29) is 18.0 Å². The third-order valence-corrected chi connectivity index (χ3v) is 3.02. The molecule has 0 bridgehead atoms. The van der Waals surface area contributed by atoms with Gasteiger partial charge in [0.15, 0.2) is 0 Å². The molecule has 1 N–H and O–H groups in total. The number of rotatable bonds is 4. The first-order valence-electron chi connectivity index (χ1n) is 5.85. The van der Waals surface area contributed by atoms with Gasteiger partial charge in [0, 0.05) is 12.1 Å². The van der Waals surface area contributed by atoms with Gasteiger partial charge < -0.3 is 5.32 Å². The molecule has 0 radical (unpaired) electrons. The van der Waals surface area contributed by atoms with Gasteiger partial charge in [-0.15, -0.1) is 0 Å². The maximum atomic E-state index is 13.0. The molecule has 0 fully saturated rings. The molecule has 4 nitrogen and oxygen atoms in total. The Morgan fingerprint density at radius 3 is 3.00 bits per heavy atom. The van der Waals surface area contributed by atoms with Gasteiger partial charge in [0.2, 0.25) is 0 Å². The molecule has 2 rings (SSSR count). The van der Waals surface area contributed by atoms with Crippen LogP contribution in [0.1, 0.15) is 23.0 Å². The zero-order valence-corrected chi connectivity index (χ0v) is 11.1. The van der Waals surface area contributed by atoms with Crippen molar-refractivity contribution < 1.29 is 9.18 Å². The van der Waals surface area contributed by atoms with Crippen LogP contribution in [-0.4, -0.2) is 15.7 Å². The van der Waals surface area contributed by atoms with E-state index in [1.807, 2.05) is 6.92 Å². The summed E-state index contributed by atoms with van der Waals surface area (Å²) in [6.45, 7) is 2.85. The van der Waals surface area contributed by atoms with E-state index in [0.29, 0.717) is 11.6 Å². The Kier molecular flexibility index (Phi) is 4.16. The van der Waals surface area contributed by atoms with Gasteiger partial charge in [-0.1, -0.05) is 17.7 Å². The van der Waals surface area contributed by atoms with Gasteiger partial charge >= 0.3 is 0 Å². The Morgan fingerprint density at radius 2 is 2.32 bits per heavy atom. The third-order valence-electron chi connectivity index (χ3n) is 2.70. The first-order chi connectivity index (χ1) is 9.11. The minimum absolute atomic E-state index is 0.252. The average Bonchev–Trinajstić information content (AvgIpc) is 2.76. The molecule has 0 atom stereocenters. The highest BCUT2D eigenvalue weighted by molar-refractivity contribution is 6.31. The predicted octanol–water partition coefficient (Wildman–Crippen LogP) is 2.63. The zero-order valence-electron chi connectivity index (χ0n) is 10.4. The summed E-state index contributed by atoms with van der Waals surface area (Å²) in [5.74, 6) is -0.788. The summed E-state index contributed by atoms with van der Waals surface area (Å²) >= 11 is 5.98. The van der Waals surface area contributed by atoms with Crippen LogP contribution >= 0.6 is 11.6 Å². The summed E-state index contributed by atoms with van der Waals surface area (Å²) < 4.78 is 14.7. The van der Waals surface area contributed by atoms with Crippen LogP contribution in [0, 0.1) is 5.82 Å². The van der Waals surface area contributed by atoms with Gasteiger partial charge in [-0.3, -0.25) is 9.48 Å². The summed E-state index contributed by atoms with van der Waals surface area (Å²) in [5.41, 5.74) is 1.01. The highest BCUT2D eigenvalue weighted by Gasteiger charge is 2.11. The lowest BCUT2D eigenvalue weighted by molar-refractivity contribution is 0.0949. The predicted molar refractivity (Wildman–Crippen MR) is 70.5 cm³/mol. The van der Waals surface area contributed by atoms with Crippen molar-refractivity contribution in [1.29, 1.82) is 0 Å². The maximum absolute atomic E-state index is 13.0. The fraction of sp³-hybridized carbons (Fsp3) is 0.231. The van der Waals surface area contributed by atoms with Gasteiger partial charge in [-0.05, 0) is 25.1 Å². The maximum Gasteiger partial charge on any atom is 0.251 e. The summed E-state index contributed by atoms with van der Waals surface area (Å²) in [5, 5.41) is 7.27. The summed E-state index contributed by atoms with van der Waals surface area (Å²) in [6, 6.07) is 5.53. The van der Waals surface area contributed by atoms with Crippen LogP contribution in [0.4, 0.5) is 4.39 Å². The number of carbonyl (C=O) groups excluding carboxylic acids is 1. The van der Waals surface area contributed by atoms with Crippen molar-refractivity contribution >= 4 is 17.5 Å². The molecule has 2 aromatic rings. The van der Waals surface area contributed by atoms with Crippen molar-refractivity contribution in [3.05, 3.63) is 52.6 Å². The molecule has 0 aliphatic heterocycles. The van der Waals surface area contributed by atoms with E-state index in [0.717, 1.165) is 5.69 Å². The second kappa shape index (κ2) is 5.84. The molecule has 0 aliphatic carbocycles. The molecule has 100 valence electrons. The summed E-state index contributed by atoms with van der Waals surface area (Å²) in [6.07, 6.45) is 1.54. The quantitative estimate of drug-likeness (QED) is 0.936. The number of nitrogens with one attached hydrogen (secondary N) is 1. The van der Waals surface area contributed by atoms with Crippen LogP contribution < -0.4 is 5.32 Å². The van der Waals surface area contributed by atoms with Crippen molar-refractivity contribution in [2.45, 2.75) is 20.0 Å². The van der Waals surface area contributed by atoms with Crippen LogP contribution in [0.15, 0.2) is 30.5 Å². The SMILES string of the molecule is CCn1ncc(Cl)c1CNC(=O)c1cccc(F)c1. The van der Waals surface area contributed by atoms with E-state index in [1.165, 1.54) is 24.4 Å². The molecule has 0 saturated carbocycles. The van der Waals surface area contributed by atoms with Crippen molar-refractivity contribution in [3.63, 3.8) is 0 Å². The summed E-state index contributed by atoms with van der Waals surface area (Å²) in [7, 11) is 0. The Morgan fingerprint density at radius 1 is 1.53 bits per heavy atom. The molecule has 1 aromatic carbocycles. The van der Waals surface area contributed by atoms with Gasteiger partial charge in [-0.25, -0.2) is 4.39 Å². The lowest BCUT2D eigenvalue weighted by atomic mass is 10.2. The number of carbonyl (C=O) groups is 1. The van der Waals surface area contributed by atoms with E-state index in [1.54, 1.807) is 10.7 Å². The van der Waals surface area contributed by atoms with Crippen LogP contribution in [0.2, 0.25) is 5.02 Å². The lowest BCUT2D eigenvalue weighted by Gasteiger charge is -2.08. The monoisotopic (exact) mass is 281 g/mol. The number of hydrogen-bond donors (Lipinski definition) is 1. The molecule has 0 unspecified atom stereocenters. The van der Waals surface area contributed by atoms with Gasteiger partial charge in [0.25, 0.3) is 5.91 Å². The Balaban J connectivity index is 2.06. The number of aryl methyl sites for hydroxylation is 1. The number of amides is 1. The van der Waals surface area contributed by atoms with Crippen LogP contribution in [0.25, 0.3) is 0 Å². The molecular formula is C13H13ClFN3O. The van der Waals surface area contributed by atoms with E-state index >= 15 is 0 Å². The lowest BCUT2D eigenvalue weighted by Crippen LogP contribution is -2.24. The normalized spacial score (nSPS) is 10.5. The molecule has 0 spiro atoms. The first kappa shape index (κ1) is 13.5. The number of aromatic nitrogens is 2. The van der Waals surface area contributed by atoms with Crippen molar-refractivity contribution in [2.24, 2.45) is 0 Å². The Hall–Kier alpha value is -1.88. The van der Waals surface area contributed by atoms with Crippen molar-refractivity contribution in [3.8, 4) is 0 Å². The molecule has 6 heteroatoms.